The third kappa shape index (κ3) is 2.98. The number of benzene rings is 1. The van der Waals surface area contributed by atoms with Crippen LogP contribution in [0.25, 0.3) is 11.0 Å². The summed E-state index contributed by atoms with van der Waals surface area (Å²) in [5.74, 6) is 0. The number of aliphatic hydroxyl groups is 2. The summed E-state index contributed by atoms with van der Waals surface area (Å²) in [6.45, 7) is 0.612. The second-order valence-corrected chi connectivity index (χ2v) is 4.23. The molecule has 2 rings (SSSR count). The zero-order chi connectivity index (χ0) is 13.0. The van der Waals surface area contributed by atoms with Crippen molar-refractivity contribution in [1.29, 1.82) is 0 Å². The Labute approximate surface area is 104 Å². The van der Waals surface area contributed by atoms with E-state index in [4.69, 9.17) is 10.2 Å². The number of imidazole rings is 1. The molecule has 1 unspecified atom stereocenters. The van der Waals surface area contributed by atoms with Crippen molar-refractivity contribution in [3.8, 4) is 0 Å². The smallest absolute Gasteiger partial charge is 0.323 e. The zero-order valence-electron chi connectivity index (χ0n) is 9.94. The molecule has 1 aromatic carbocycles. The van der Waals surface area contributed by atoms with Gasteiger partial charge in [-0.2, -0.15) is 0 Å². The van der Waals surface area contributed by atoms with Crippen molar-refractivity contribution in [2.45, 2.75) is 19.0 Å². The Morgan fingerprint density at radius 1 is 1.22 bits per heavy atom. The van der Waals surface area contributed by atoms with Crippen molar-refractivity contribution < 1.29 is 10.2 Å². The molecule has 0 amide bonds. The molecular formula is C12H17N3O3. The van der Waals surface area contributed by atoms with Crippen LogP contribution >= 0.6 is 0 Å². The molecule has 0 aliphatic carbocycles. The van der Waals surface area contributed by atoms with E-state index in [1.165, 1.54) is 0 Å². The van der Waals surface area contributed by atoms with Crippen molar-refractivity contribution >= 4 is 11.0 Å². The molecule has 0 spiro atoms. The molecule has 98 valence electrons. The van der Waals surface area contributed by atoms with Gasteiger partial charge in [-0.15, -0.1) is 0 Å². The Morgan fingerprint density at radius 2 is 2.00 bits per heavy atom. The standard InChI is InChI=1S/C12H17N3O3/c16-4-3-9(7-17)13-6-8-1-2-10-11(5-8)15-12(18)14-10/h1-2,5,9,13,16-17H,3-4,6-7H2,(H2,14,15,18). The van der Waals surface area contributed by atoms with Gasteiger partial charge in [0.05, 0.1) is 17.6 Å². The highest BCUT2D eigenvalue weighted by atomic mass is 16.3. The molecule has 1 aromatic heterocycles. The lowest BCUT2D eigenvalue weighted by Gasteiger charge is -2.14. The van der Waals surface area contributed by atoms with Gasteiger partial charge >= 0.3 is 5.69 Å². The lowest BCUT2D eigenvalue weighted by atomic mass is 10.1. The Balaban J connectivity index is 2.04. The average molecular weight is 251 g/mol. The number of fused-ring (bicyclic) bond motifs is 1. The van der Waals surface area contributed by atoms with Gasteiger partial charge in [0.2, 0.25) is 0 Å². The minimum absolute atomic E-state index is 0.0101. The number of nitrogens with one attached hydrogen (secondary N) is 3. The first-order valence-electron chi connectivity index (χ1n) is 5.89. The van der Waals surface area contributed by atoms with Gasteiger partial charge in [0.1, 0.15) is 0 Å². The van der Waals surface area contributed by atoms with Crippen LogP contribution in [-0.2, 0) is 6.54 Å². The van der Waals surface area contributed by atoms with E-state index < -0.39 is 0 Å². The second kappa shape index (κ2) is 5.81. The summed E-state index contributed by atoms with van der Waals surface area (Å²) in [7, 11) is 0. The summed E-state index contributed by atoms with van der Waals surface area (Å²) in [5.41, 5.74) is 2.33. The topological polar surface area (TPSA) is 101 Å². The fourth-order valence-electron chi connectivity index (χ4n) is 1.87. The highest BCUT2D eigenvalue weighted by Crippen LogP contribution is 2.10. The highest BCUT2D eigenvalue weighted by Gasteiger charge is 2.06. The van der Waals surface area contributed by atoms with Crippen molar-refractivity contribution in [2.75, 3.05) is 13.2 Å². The van der Waals surface area contributed by atoms with Crippen molar-refractivity contribution in [3.05, 3.63) is 34.2 Å². The quantitative estimate of drug-likeness (QED) is 0.486. The Morgan fingerprint density at radius 3 is 2.72 bits per heavy atom. The molecule has 0 saturated carbocycles. The lowest BCUT2D eigenvalue weighted by molar-refractivity contribution is 0.200. The highest BCUT2D eigenvalue weighted by molar-refractivity contribution is 5.74. The van der Waals surface area contributed by atoms with Gasteiger partial charge in [-0.1, -0.05) is 6.07 Å². The van der Waals surface area contributed by atoms with Gasteiger partial charge in [0.15, 0.2) is 0 Å². The minimum atomic E-state index is -0.219. The van der Waals surface area contributed by atoms with E-state index in [-0.39, 0.29) is 24.9 Å². The maximum atomic E-state index is 11.1. The first-order chi connectivity index (χ1) is 8.72. The van der Waals surface area contributed by atoms with E-state index in [2.05, 4.69) is 15.3 Å². The van der Waals surface area contributed by atoms with Crippen LogP contribution < -0.4 is 11.0 Å². The SMILES string of the molecule is O=c1[nH]c2ccc(CNC(CO)CCO)cc2[nH]1. The predicted octanol–water partition coefficient (Wildman–Crippen LogP) is -0.311. The molecule has 5 N–H and O–H groups in total. The Kier molecular flexibility index (Phi) is 4.14. The van der Waals surface area contributed by atoms with E-state index in [9.17, 15) is 4.79 Å². The number of hydrogen-bond acceptors (Lipinski definition) is 4. The van der Waals surface area contributed by atoms with E-state index in [0.29, 0.717) is 13.0 Å². The molecule has 0 saturated heterocycles. The second-order valence-electron chi connectivity index (χ2n) is 4.23. The summed E-state index contributed by atoms with van der Waals surface area (Å²) in [5, 5.41) is 21.0. The molecule has 2 aromatic rings. The van der Waals surface area contributed by atoms with E-state index in [0.717, 1.165) is 16.6 Å². The molecule has 6 nitrogen and oxygen atoms in total. The van der Waals surface area contributed by atoms with E-state index in [1.807, 2.05) is 18.2 Å². The molecule has 1 heterocycles. The lowest BCUT2D eigenvalue weighted by Crippen LogP contribution is -2.32. The first-order valence-corrected chi connectivity index (χ1v) is 5.89. The maximum absolute atomic E-state index is 11.1. The van der Waals surface area contributed by atoms with Crippen LogP contribution in [0.15, 0.2) is 23.0 Å². The van der Waals surface area contributed by atoms with Gasteiger partial charge < -0.3 is 25.5 Å². The molecule has 0 aliphatic rings. The Hall–Kier alpha value is -1.63. The summed E-state index contributed by atoms with van der Waals surface area (Å²) >= 11 is 0. The van der Waals surface area contributed by atoms with Crippen LogP contribution in [0.1, 0.15) is 12.0 Å². The van der Waals surface area contributed by atoms with Gasteiger partial charge in [-0.25, -0.2) is 4.79 Å². The Bertz CT molecular complexity index is 561. The van der Waals surface area contributed by atoms with E-state index in [1.54, 1.807) is 0 Å². The summed E-state index contributed by atoms with van der Waals surface area (Å²) < 4.78 is 0. The van der Waals surface area contributed by atoms with Crippen LogP contribution in [0.2, 0.25) is 0 Å². The van der Waals surface area contributed by atoms with Crippen molar-refractivity contribution in [3.63, 3.8) is 0 Å². The van der Waals surface area contributed by atoms with Crippen molar-refractivity contribution in [1.82, 2.24) is 15.3 Å². The number of aromatic nitrogens is 2. The number of H-pyrrole nitrogens is 2. The van der Waals surface area contributed by atoms with Gasteiger partial charge in [-0.05, 0) is 24.1 Å². The zero-order valence-corrected chi connectivity index (χ0v) is 9.94. The van der Waals surface area contributed by atoms with Crippen LogP contribution in [-0.4, -0.2) is 39.4 Å². The summed E-state index contributed by atoms with van der Waals surface area (Å²) in [4.78, 5) is 16.5. The largest absolute Gasteiger partial charge is 0.396 e. The predicted molar refractivity (Wildman–Crippen MR) is 68.3 cm³/mol. The minimum Gasteiger partial charge on any atom is -0.396 e. The van der Waals surface area contributed by atoms with Crippen LogP contribution in [0.4, 0.5) is 0 Å². The fourth-order valence-corrected chi connectivity index (χ4v) is 1.87. The van der Waals surface area contributed by atoms with Crippen LogP contribution in [0.5, 0.6) is 0 Å². The number of aromatic amines is 2. The van der Waals surface area contributed by atoms with Crippen molar-refractivity contribution in [2.24, 2.45) is 0 Å². The molecule has 0 bridgehead atoms. The first kappa shape index (κ1) is 12.8. The normalized spacial score (nSPS) is 13.0. The fraction of sp³-hybridized carbons (Fsp3) is 0.417. The molecule has 0 aliphatic heterocycles. The van der Waals surface area contributed by atoms with Crippen LogP contribution in [0.3, 0.4) is 0 Å². The molecule has 18 heavy (non-hydrogen) atoms. The molecular weight excluding hydrogens is 234 g/mol. The van der Waals surface area contributed by atoms with Crippen LogP contribution in [0, 0.1) is 0 Å². The number of rotatable bonds is 6. The molecule has 1 atom stereocenters. The molecule has 0 radical (unpaired) electrons. The summed E-state index contributed by atoms with van der Waals surface area (Å²) in [6, 6.07) is 5.51. The number of hydrogen-bond donors (Lipinski definition) is 5. The third-order valence-electron chi connectivity index (χ3n) is 2.87. The number of aliphatic hydroxyl groups excluding tert-OH is 2. The van der Waals surface area contributed by atoms with Gasteiger partial charge in [-0.3, -0.25) is 0 Å². The van der Waals surface area contributed by atoms with Gasteiger partial charge in [0.25, 0.3) is 0 Å². The average Bonchev–Trinajstić information content (AvgIpc) is 2.73. The summed E-state index contributed by atoms with van der Waals surface area (Å²) in [6.07, 6.45) is 0.514. The molecule has 0 fully saturated rings. The monoisotopic (exact) mass is 251 g/mol. The maximum Gasteiger partial charge on any atom is 0.323 e. The third-order valence-corrected chi connectivity index (χ3v) is 2.87. The molecule has 6 heteroatoms. The van der Waals surface area contributed by atoms with E-state index >= 15 is 0 Å². The van der Waals surface area contributed by atoms with Gasteiger partial charge in [0, 0.05) is 19.2 Å².